The lowest BCUT2D eigenvalue weighted by atomic mass is 10.2. The van der Waals surface area contributed by atoms with Crippen LogP contribution in [0.25, 0.3) is 0 Å². The van der Waals surface area contributed by atoms with Gasteiger partial charge in [0.05, 0.1) is 22.5 Å². The summed E-state index contributed by atoms with van der Waals surface area (Å²) >= 11 is 0. The Balaban J connectivity index is 2.31. The fourth-order valence-corrected chi connectivity index (χ4v) is 2.67. The van der Waals surface area contributed by atoms with E-state index in [2.05, 4.69) is 10.4 Å². The van der Waals surface area contributed by atoms with E-state index in [4.69, 9.17) is 4.74 Å². The maximum absolute atomic E-state index is 12.5. The highest BCUT2D eigenvalue weighted by atomic mass is 16.6. The quantitative estimate of drug-likeness (QED) is 0.577. The predicted octanol–water partition coefficient (Wildman–Crippen LogP) is 2.91. The van der Waals surface area contributed by atoms with Crippen LogP contribution in [0.4, 0.5) is 17.1 Å². The van der Waals surface area contributed by atoms with Gasteiger partial charge in [-0.25, -0.2) is 0 Å². The van der Waals surface area contributed by atoms with E-state index in [1.54, 1.807) is 6.92 Å². The lowest BCUT2D eigenvalue weighted by molar-refractivity contribution is -0.386. The van der Waals surface area contributed by atoms with Crippen molar-refractivity contribution in [1.29, 1.82) is 0 Å². The van der Waals surface area contributed by atoms with Crippen molar-refractivity contribution >= 4 is 23.0 Å². The Labute approximate surface area is 154 Å². The topological polar surface area (TPSA) is 142 Å². The number of aryl methyl sites for hydroxylation is 1. The molecular formula is C16H19N5O6. The van der Waals surface area contributed by atoms with E-state index in [1.165, 1.54) is 43.7 Å². The number of nitro groups is 2. The first-order chi connectivity index (χ1) is 12.7. The molecule has 144 valence electrons. The summed E-state index contributed by atoms with van der Waals surface area (Å²) in [4.78, 5) is 33.7. The van der Waals surface area contributed by atoms with Crippen molar-refractivity contribution in [3.63, 3.8) is 0 Å². The summed E-state index contributed by atoms with van der Waals surface area (Å²) in [5, 5.41) is 28.9. The monoisotopic (exact) mass is 377 g/mol. The van der Waals surface area contributed by atoms with Gasteiger partial charge in [0.1, 0.15) is 28.9 Å². The molecule has 11 nitrogen and oxygen atoms in total. The second kappa shape index (κ2) is 7.81. The standard InChI is InChI=1S/C16H19N5O6/c1-5-27-12-6-7-13(14(8-12)20(23)24)17-16(22)11(4)19-10(3)15(21(25)26)9(2)18-19/h6-8,11H,5H2,1-4H3,(H,17,22). The van der Waals surface area contributed by atoms with E-state index < -0.39 is 21.8 Å². The predicted molar refractivity (Wildman–Crippen MR) is 96.0 cm³/mol. The number of nitrogens with zero attached hydrogens (tertiary/aromatic N) is 4. The highest BCUT2D eigenvalue weighted by Crippen LogP contribution is 2.30. The van der Waals surface area contributed by atoms with Gasteiger partial charge in [-0.1, -0.05) is 0 Å². The molecule has 0 spiro atoms. The lowest BCUT2D eigenvalue weighted by Crippen LogP contribution is -2.25. The molecule has 11 heteroatoms. The number of rotatable bonds is 7. The van der Waals surface area contributed by atoms with Gasteiger partial charge in [-0.05, 0) is 39.8 Å². The minimum atomic E-state index is -0.913. The van der Waals surface area contributed by atoms with Gasteiger partial charge in [-0.15, -0.1) is 0 Å². The van der Waals surface area contributed by atoms with E-state index in [9.17, 15) is 25.0 Å². The molecule has 1 N–H and O–H groups in total. The van der Waals surface area contributed by atoms with Crippen molar-refractivity contribution in [2.24, 2.45) is 0 Å². The van der Waals surface area contributed by atoms with Crippen LogP contribution in [0.5, 0.6) is 5.75 Å². The van der Waals surface area contributed by atoms with Crippen LogP contribution < -0.4 is 10.1 Å². The van der Waals surface area contributed by atoms with E-state index in [1.807, 2.05) is 0 Å². The fourth-order valence-electron chi connectivity index (χ4n) is 2.67. The average Bonchev–Trinajstić information content (AvgIpc) is 2.89. The van der Waals surface area contributed by atoms with Gasteiger partial charge in [0, 0.05) is 0 Å². The molecule has 1 unspecified atom stereocenters. The summed E-state index contributed by atoms with van der Waals surface area (Å²) in [5.41, 5.74) is -0.0792. The number of hydrogen-bond acceptors (Lipinski definition) is 7. The molecule has 0 radical (unpaired) electrons. The van der Waals surface area contributed by atoms with Crippen molar-refractivity contribution in [3.8, 4) is 5.75 Å². The van der Waals surface area contributed by atoms with Crippen LogP contribution in [-0.2, 0) is 4.79 Å². The first-order valence-electron chi connectivity index (χ1n) is 8.09. The lowest BCUT2D eigenvalue weighted by Gasteiger charge is -2.14. The van der Waals surface area contributed by atoms with Crippen LogP contribution in [0.1, 0.15) is 31.3 Å². The number of benzene rings is 1. The van der Waals surface area contributed by atoms with Crippen molar-refractivity contribution in [2.45, 2.75) is 33.7 Å². The molecule has 1 aromatic carbocycles. The third-order valence-corrected chi connectivity index (χ3v) is 3.95. The first-order valence-corrected chi connectivity index (χ1v) is 8.09. The maximum Gasteiger partial charge on any atom is 0.312 e. The summed E-state index contributed by atoms with van der Waals surface area (Å²) in [6.07, 6.45) is 0. The van der Waals surface area contributed by atoms with Crippen LogP contribution in [0.3, 0.4) is 0 Å². The van der Waals surface area contributed by atoms with Gasteiger partial charge in [0.2, 0.25) is 5.91 Å². The second-order valence-corrected chi connectivity index (χ2v) is 5.76. The molecule has 1 atom stereocenters. The summed E-state index contributed by atoms with van der Waals surface area (Å²) in [6.45, 7) is 6.55. The molecule has 27 heavy (non-hydrogen) atoms. The third-order valence-electron chi connectivity index (χ3n) is 3.95. The van der Waals surface area contributed by atoms with E-state index in [-0.39, 0.29) is 28.5 Å². The smallest absolute Gasteiger partial charge is 0.312 e. The summed E-state index contributed by atoms with van der Waals surface area (Å²) in [7, 11) is 0. The summed E-state index contributed by atoms with van der Waals surface area (Å²) in [5.74, 6) is -0.285. The molecule has 0 bridgehead atoms. The second-order valence-electron chi connectivity index (χ2n) is 5.76. The highest BCUT2D eigenvalue weighted by molar-refractivity contribution is 5.95. The Hall–Kier alpha value is -3.50. The number of amides is 1. The Morgan fingerprint density at radius 1 is 1.30 bits per heavy atom. The highest BCUT2D eigenvalue weighted by Gasteiger charge is 2.28. The maximum atomic E-state index is 12.5. The molecule has 2 aromatic rings. The van der Waals surface area contributed by atoms with Crippen LogP contribution >= 0.6 is 0 Å². The minimum Gasteiger partial charge on any atom is -0.494 e. The fraction of sp³-hybridized carbons (Fsp3) is 0.375. The van der Waals surface area contributed by atoms with Gasteiger partial charge in [-0.3, -0.25) is 29.7 Å². The normalized spacial score (nSPS) is 11.7. The minimum absolute atomic E-state index is 0.00339. The molecule has 1 aromatic heterocycles. The molecule has 0 fully saturated rings. The molecular weight excluding hydrogens is 358 g/mol. The summed E-state index contributed by atoms with van der Waals surface area (Å²) in [6, 6.07) is 3.18. The van der Waals surface area contributed by atoms with Gasteiger partial charge < -0.3 is 10.1 Å². The average molecular weight is 377 g/mol. The number of anilines is 1. The SMILES string of the molecule is CCOc1ccc(NC(=O)C(C)n2nc(C)c([N+](=O)[O-])c2C)c([N+](=O)[O-])c1. The number of carbonyl (C=O) groups is 1. The molecule has 2 rings (SSSR count). The van der Waals surface area contributed by atoms with Crippen LogP contribution in [0.15, 0.2) is 18.2 Å². The van der Waals surface area contributed by atoms with E-state index in [0.717, 1.165) is 0 Å². The van der Waals surface area contributed by atoms with Gasteiger partial charge in [0.15, 0.2) is 0 Å². The summed E-state index contributed by atoms with van der Waals surface area (Å²) < 4.78 is 6.46. The first kappa shape index (κ1) is 19.8. The van der Waals surface area contributed by atoms with E-state index in [0.29, 0.717) is 12.4 Å². The third kappa shape index (κ3) is 4.02. The molecule has 0 aliphatic carbocycles. The molecule has 0 aliphatic heterocycles. The van der Waals surface area contributed by atoms with Crippen LogP contribution in [0, 0.1) is 34.1 Å². The van der Waals surface area contributed by atoms with Gasteiger partial charge in [0.25, 0.3) is 5.69 Å². The number of hydrogen-bond donors (Lipinski definition) is 1. The van der Waals surface area contributed by atoms with Crippen LogP contribution in [-0.4, -0.2) is 32.1 Å². The Morgan fingerprint density at radius 2 is 1.96 bits per heavy atom. The van der Waals surface area contributed by atoms with Crippen molar-refractivity contribution in [3.05, 3.63) is 49.8 Å². The van der Waals surface area contributed by atoms with Gasteiger partial charge >= 0.3 is 5.69 Å². The number of nitro benzene ring substituents is 1. The Kier molecular flexibility index (Phi) is 5.73. The number of nitrogens with one attached hydrogen (secondary N) is 1. The van der Waals surface area contributed by atoms with Crippen LogP contribution in [0.2, 0.25) is 0 Å². The molecule has 1 amide bonds. The van der Waals surface area contributed by atoms with E-state index >= 15 is 0 Å². The zero-order chi connectivity index (χ0) is 20.3. The van der Waals surface area contributed by atoms with Gasteiger partial charge in [-0.2, -0.15) is 5.10 Å². The zero-order valence-electron chi connectivity index (χ0n) is 15.3. The van der Waals surface area contributed by atoms with Crippen molar-refractivity contribution in [1.82, 2.24) is 9.78 Å². The zero-order valence-corrected chi connectivity index (χ0v) is 15.3. The number of carbonyl (C=O) groups excluding carboxylic acids is 1. The number of ether oxygens (including phenoxy) is 1. The van der Waals surface area contributed by atoms with Crippen molar-refractivity contribution < 1.29 is 19.4 Å². The Morgan fingerprint density at radius 3 is 2.48 bits per heavy atom. The van der Waals surface area contributed by atoms with Crippen molar-refractivity contribution in [2.75, 3.05) is 11.9 Å². The Bertz CT molecular complexity index is 907. The molecule has 0 saturated heterocycles. The molecule has 0 saturated carbocycles. The molecule has 1 heterocycles. The largest absolute Gasteiger partial charge is 0.494 e. The molecule has 0 aliphatic rings. The number of aromatic nitrogens is 2.